The molecule has 0 amide bonds. The molecule has 1 aliphatic heterocycles. The molecule has 0 spiro atoms. The van der Waals surface area contributed by atoms with Gasteiger partial charge in [0, 0.05) is 13.2 Å². The Balaban J connectivity index is 1.61. The van der Waals surface area contributed by atoms with Gasteiger partial charge in [0.15, 0.2) is 0 Å². The Bertz CT molecular complexity index is 151. The van der Waals surface area contributed by atoms with Gasteiger partial charge in [-0.2, -0.15) is 0 Å². The molecule has 0 saturated carbocycles. The maximum atomic E-state index is 5.48. The second-order valence-electron chi connectivity index (χ2n) is 4.50. The van der Waals surface area contributed by atoms with Crippen LogP contribution in [0.15, 0.2) is 0 Å². The zero-order valence-electron chi connectivity index (χ0n) is 10.6. The average molecular weight is 246 g/mol. The minimum atomic E-state index is 0.420. The number of ether oxygens (including phenoxy) is 2. The van der Waals surface area contributed by atoms with Crippen molar-refractivity contribution in [1.82, 2.24) is 0 Å². The van der Waals surface area contributed by atoms with Gasteiger partial charge in [0.25, 0.3) is 0 Å². The van der Waals surface area contributed by atoms with Gasteiger partial charge in [-0.25, -0.2) is 0 Å². The summed E-state index contributed by atoms with van der Waals surface area (Å²) in [6, 6.07) is 0. The quantitative estimate of drug-likeness (QED) is 0.296. The van der Waals surface area contributed by atoms with Gasteiger partial charge in [0.2, 0.25) is 0 Å². The van der Waals surface area contributed by atoms with Crippen LogP contribution in [0.5, 0.6) is 0 Å². The van der Waals surface area contributed by atoms with Gasteiger partial charge >= 0.3 is 0 Å². The van der Waals surface area contributed by atoms with Crippen molar-refractivity contribution in [3.8, 4) is 0 Å². The molecule has 4 heteroatoms. The van der Waals surface area contributed by atoms with Crippen molar-refractivity contribution < 1.29 is 13.9 Å². The maximum absolute atomic E-state index is 5.48. The summed E-state index contributed by atoms with van der Waals surface area (Å²) in [6.45, 7) is 3.60. The van der Waals surface area contributed by atoms with Crippen LogP contribution in [-0.2, 0) is 13.9 Å². The molecule has 0 aromatic heterocycles. The molecule has 96 valence electrons. The van der Waals surface area contributed by atoms with Gasteiger partial charge in [-0.3, -0.25) is 0 Å². The fraction of sp³-hybridized carbons (Fsp3) is 1.00. The van der Waals surface area contributed by atoms with Gasteiger partial charge in [-0.05, 0) is 12.8 Å². The van der Waals surface area contributed by atoms with Crippen LogP contribution in [-0.4, -0.2) is 43.0 Å². The van der Waals surface area contributed by atoms with E-state index >= 15 is 0 Å². The Morgan fingerprint density at radius 1 is 0.938 bits per heavy atom. The van der Waals surface area contributed by atoms with Crippen LogP contribution in [0.3, 0.4) is 0 Å². The van der Waals surface area contributed by atoms with Crippen LogP contribution in [0.4, 0.5) is 0 Å². The number of hydrogen-bond donors (Lipinski definition) is 0. The third-order valence-electron chi connectivity index (χ3n) is 2.84. The lowest BCUT2D eigenvalue weighted by atomic mass is 10.1. The second kappa shape index (κ2) is 10.3. The number of hydrogen-bond acceptors (Lipinski definition) is 3. The van der Waals surface area contributed by atoms with E-state index < -0.39 is 0 Å². The van der Waals surface area contributed by atoms with Crippen molar-refractivity contribution in [3.63, 3.8) is 0 Å². The molecule has 1 fully saturated rings. The Hall–Kier alpha value is 0.0969. The SMILES string of the molecule is [SiH3]OCCCCCCCCCOCC1CO1. The molecular weight excluding hydrogens is 220 g/mol. The largest absolute Gasteiger partial charge is 0.428 e. The molecule has 0 N–H and O–H groups in total. The van der Waals surface area contributed by atoms with E-state index in [0.29, 0.717) is 6.10 Å². The predicted octanol–water partition coefficient (Wildman–Crippen LogP) is 1.43. The molecule has 0 bridgehead atoms. The fourth-order valence-corrected chi connectivity index (χ4v) is 2.00. The van der Waals surface area contributed by atoms with Gasteiger partial charge < -0.3 is 13.9 Å². The summed E-state index contributed by atoms with van der Waals surface area (Å²) in [6.07, 6.45) is 9.59. The van der Waals surface area contributed by atoms with Crippen LogP contribution in [0.1, 0.15) is 44.9 Å². The van der Waals surface area contributed by atoms with Crippen molar-refractivity contribution in [2.75, 3.05) is 26.4 Å². The molecule has 0 aromatic rings. The van der Waals surface area contributed by atoms with E-state index in [-0.39, 0.29) is 0 Å². The topological polar surface area (TPSA) is 31.0 Å². The summed E-state index contributed by atoms with van der Waals surface area (Å²) in [7, 11) is 0.890. The number of unbranched alkanes of at least 4 members (excludes halogenated alkanes) is 6. The van der Waals surface area contributed by atoms with Crippen LogP contribution >= 0.6 is 0 Å². The molecule has 1 aliphatic rings. The lowest BCUT2D eigenvalue weighted by Crippen LogP contribution is -2.02. The molecule has 1 rings (SSSR count). The summed E-state index contributed by atoms with van der Waals surface area (Å²) in [5.74, 6) is 0. The molecule has 1 heterocycles. The molecule has 1 unspecified atom stereocenters. The van der Waals surface area contributed by atoms with Crippen LogP contribution in [0.25, 0.3) is 0 Å². The molecule has 0 radical (unpaired) electrons. The first-order valence-electron chi connectivity index (χ1n) is 6.62. The summed E-state index contributed by atoms with van der Waals surface area (Å²) in [5, 5.41) is 0. The lowest BCUT2D eigenvalue weighted by molar-refractivity contribution is 0.113. The average Bonchev–Trinajstić information content (AvgIpc) is 3.10. The standard InChI is InChI=1S/C12H26O3Si/c16-15-9-7-5-3-1-2-4-6-8-13-10-12-11-14-12/h12H,1-11H2,16H3. The molecule has 0 aliphatic carbocycles. The van der Waals surface area contributed by atoms with Crippen molar-refractivity contribution in [2.45, 2.75) is 51.0 Å². The minimum Gasteiger partial charge on any atom is -0.428 e. The second-order valence-corrected chi connectivity index (χ2v) is 5.08. The van der Waals surface area contributed by atoms with E-state index in [2.05, 4.69) is 0 Å². The Labute approximate surface area is 102 Å². The van der Waals surface area contributed by atoms with E-state index in [0.717, 1.165) is 36.9 Å². The van der Waals surface area contributed by atoms with Crippen molar-refractivity contribution >= 4 is 10.5 Å². The molecule has 3 nitrogen and oxygen atoms in total. The van der Waals surface area contributed by atoms with Crippen LogP contribution in [0.2, 0.25) is 0 Å². The lowest BCUT2D eigenvalue weighted by Gasteiger charge is -2.03. The van der Waals surface area contributed by atoms with Crippen molar-refractivity contribution in [3.05, 3.63) is 0 Å². The van der Waals surface area contributed by atoms with E-state index in [1.807, 2.05) is 0 Å². The molecule has 1 saturated heterocycles. The summed E-state index contributed by atoms with van der Waals surface area (Å²) in [5.41, 5.74) is 0. The van der Waals surface area contributed by atoms with Crippen molar-refractivity contribution in [2.24, 2.45) is 0 Å². The zero-order valence-corrected chi connectivity index (χ0v) is 12.6. The number of epoxide rings is 1. The van der Waals surface area contributed by atoms with E-state index in [1.54, 1.807) is 0 Å². The van der Waals surface area contributed by atoms with Gasteiger partial charge in [0.05, 0.1) is 13.2 Å². The Morgan fingerprint density at radius 3 is 2.06 bits per heavy atom. The maximum Gasteiger partial charge on any atom is 0.145 e. The van der Waals surface area contributed by atoms with Gasteiger partial charge in [-0.15, -0.1) is 0 Å². The highest BCUT2D eigenvalue weighted by Crippen LogP contribution is 2.10. The molecule has 0 aromatic carbocycles. The fourth-order valence-electron chi connectivity index (χ4n) is 1.71. The van der Waals surface area contributed by atoms with Gasteiger partial charge in [0.1, 0.15) is 16.6 Å². The van der Waals surface area contributed by atoms with E-state index in [4.69, 9.17) is 13.9 Å². The summed E-state index contributed by atoms with van der Waals surface area (Å²) in [4.78, 5) is 0. The Kier molecular flexibility index (Phi) is 9.08. The Morgan fingerprint density at radius 2 is 1.50 bits per heavy atom. The third kappa shape index (κ3) is 9.33. The van der Waals surface area contributed by atoms with Crippen molar-refractivity contribution in [1.29, 1.82) is 0 Å². The summed E-state index contributed by atoms with van der Waals surface area (Å²) >= 11 is 0. The zero-order chi connectivity index (χ0) is 11.5. The first kappa shape index (κ1) is 14.2. The monoisotopic (exact) mass is 246 g/mol. The van der Waals surface area contributed by atoms with Crippen LogP contribution in [0, 0.1) is 0 Å². The highest BCUT2D eigenvalue weighted by Gasteiger charge is 2.21. The summed E-state index contributed by atoms with van der Waals surface area (Å²) < 4.78 is 15.7. The minimum absolute atomic E-state index is 0.420. The van der Waals surface area contributed by atoms with Crippen LogP contribution < -0.4 is 0 Å². The molecule has 1 atom stereocenters. The van der Waals surface area contributed by atoms with E-state index in [1.165, 1.54) is 44.9 Å². The van der Waals surface area contributed by atoms with Gasteiger partial charge in [-0.1, -0.05) is 32.1 Å². The highest BCUT2D eigenvalue weighted by atomic mass is 28.2. The molecular formula is C12H26O3Si. The third-order valence-corrected chi connectivity index (χ3v) is 3.25. The first-order valence-corrected chi connectivity index (χ1v) is 7.43. The number of rotatable bonds is 12. The smallest absolute Gasteiger partial charge is 0.145 e. The highest BCUT2D eigenvalue weighted by molar-refractivity contribution is 5.97. The molecule has 16 heavy (non-hydrogen) atoms. The predicted molar refractivity (Wildman–Crippen MR) is 68.8 cm³/mol. The first-order chi connectivity index (χ1) is 7.93. The van der Waals surface area contributed by atoms with E-state index in [9.17, 15) is 0 Å². The normalized spacial score (nSPS) is 19.1.